The van der Waals surface area contributed by atoms with Crippen LogP contribution < -0.4 is 5.32 Å². The molecule has 2 aromatic carbocycles. The summed E-state index contributed by atoms with van der Waals surface area (Å²) in [4.78, 5) is 42.9. The number of aliphatic carboxylic acids is 1. The standard InChI is InChI=1S/C24H20ClN5O6/c1-13-6-14(2-5-21(13)30(35)36)10-29-11-17(26-12-29)9-20(24(33)34)28-22-18(23(31)32)8-15-7-16(25)3-4-19(15)27-22/h2-8,11-12,20H,9-10H2,1H3,(H,27,28)(H,31,32)(H,33,34). The Bertz CT molecular complexity index is 1500. The van der Waals surface area contributed by atoms with Gasteiger partial charge in [-0.25, -0.2) is 19.6 Å². The molecule has 11 nitrogen and oxygen atoms in total. The molecule has 0 bridgehead atoms. The fourth-order valence-corrected chi connectivity index (χ4v) is 4.01. The van der Waals surface area contributed by atoms with Gasteiger partial charge < -0.3 is 20.1 Å². The first-order valence-electron chi connectivity index (χ1n) is 10.7. The molecule has 0 radical (unpaired) electrons. The molecule has 4 aromatic rings. The highest BCUT2D eigenvalue weighted by Gasteiger charge is 2.23. The van der Waals surface area contributed by atoms with Crippen LogP contribution in [0.25, 0.3) is 10.9 Å². The number of benzene rings is 2. The Labute approximate surface area is 209 Å². The minimum Gasteiger partial charge on any atom is -0.480 e. The number of hydrogen-bond acceptors (Lipinski definition) is 7. The number of carboxylic acids is 2. The van der Waals surface area contributed by atoms with E-state index in [1.54, 1.807) is 48.0 Å². The molecule has 0 spiro atoms. The maximum Gasteiger partial charge on any atom is 0.339 e. The summed E-state index contributed by atoms with van der Waals surface area (Å²) < 4.78 is 1.73. The van der Waals surface area contributed by atoms with Crippen LogP contribution in [0.2, 0.25) is 5.02 Å². The number of aromatic carboxylic acids is 1. The van der Waals surface area contributed by atoms with Gasteiger partial charge in [0.1, 0.15) is 17.4 Å². The van der Waals surface area contributed by atoms with Crippen molar-refractivity contribution >= 4 is 45.9 Å². The van der Waals surface area contributed by atoms with Crippen molar-refractivity contribution in [3.63, 3.8) is 0 Å². The van der Waals surface area contributed by atoms with Crippen molar-refractivity contribution in [1.82, 2.24) is 14.5 Å². The van der Waals surface area contributed by atoms with Crippen molar-refractivity contribution in [2.75, 3.05) is 5.32 Å². The lowest BCUT2D eigenvalue weighted by molar-refractivity contribution is -0.385. The zero-order chi connectivity index (χ0) is 26.0. The predicted octanol–water partition coefficient (Wildman–Crippen LogP) is 4.16. The van der Waals surface area contributed by atoms with Crippen LogP contribution >= 0.6 is 11.6 Å². The van der Waals surface area contributed by atoms with E-state index < -0.39 is 22.9 Å². The third kappa shape index (κ3) is 5.41. The number of fused-ring (bicyclic) bond motifs is 1. The molecule has 0 aliphatic heterocycles. The second kappa shape index (κ2) is 10.0. The van der Waals surface area contributed by atoms with Crippen LogP contribution in [0.4, 0.5) is 11.5 Å². The monoisotopic (exact) mass is 509 g/mol. The molecular formula is C24H20ClN5O6. The van der Waals surface area contributed by atoms with Gasteiger partial charge in [0.2, 0.25) is 0 Å². The van der Waals surface area contributed by atoms with Crippen molar-refractivity contribution in [2.45, 2.75) is 25.9 Å². The molecule has 36 heavy (non-hydrogen) atoms. The summed E-state index contributed by atoms with van der Waals surface area (Å²) in [6, 6.07) is 9.79. The molecule has 2 aromatic heterocycles. The van der Waals surface area contributed by atoms with Crippen molar-refractivity contribution in [3.8, 4) is 0 Å². The van der Waals surface area contributed by atoms with Gasteiger partial charge in [0, 0.05) is 41.2 Å². The lowest BCUT2D eigenvalue weighted by Crippen LogP contribution is -2.32. The number of rotatable bonds is 9. The fourth-order valence-electron chi connectivity index (χ4n) is 3.82. The number of nitrogens with one attached hydrogen (secondary N) is 1. The number of aryl methyl sites for hydroxylation is 1. The molecule has 1 unspecified atom stereocenters. The molecule has 0 saturated carbocycles. The highest BCUT2D eigenvalue weighted by Crippen LogP contribution is 2.25. The highest BCUT2D eigenvalue weighted by atomic mass is 35.5. The predicted molar refractivity (Wildman–Crippen MR) is 132 cm³/mol. The van der Waals surface area contributed by atoms with Crippen LogP contribution in [-0.2, 0) is 17.8 Å². The first-order chi connectivity index (χ1) is 17.1. The van der Waals surface area contributed by atoms with E-state index >= 15 is 0 Å². The summed E-state index contributed by atoms with van der Waals surface area (Å²) in [6.45, 7) is 2.04. The Morgan fingerprint density at radius 2 is 1.97 bits per heavy atom. The molecule has 0 amide bonds. The van der Waals surface area contributed by atoms with E-state index in [4.69, 9.17) is 11.6 Å². The average molecular weight is 510 g/mol. The van der Waals surface area contributed by atoms with Gasteiger partial charge in [-0.05, 0) is 42.8 Å². The SMILES string of the molecule is Cc1cc(Cn2cnc(CC(Nc3nc4ccc(Cl)cc4cc3C(=O)O)C(=O)O)c2)ccc1[N+](=O)[O-]. The number of anilines is 1. The molecule has 0 aliphatic rings. The lowest BCUT2D eigenvalue weighted by atomic mass is 10.1. The summed E-state index contributed by atoms with van der Waals surface area (Å²) in [7, 11) is 0. The van der Waals surface area contributed by atoms with E-state index in [0.717, 1.165) is 5.56 Å². The first kappa shape index (κ1) is 24.6. The topological polar surface area (TPSA) is 160 Å². The number of nitrogens with zero attached hydrogens (tertiary/aromatic N) is 4. The summed E-state index contributed by atoms with van der Waals surface area (Å²) in [5.74, 6) is -2.55. The van der Waals surface area contributed by atoms with Gasteiger partial charge in [-0.3, -0.25) is 10.1 Å². The smallest absolute Gasteiger partial charge is 0.339 e. The van der Waals surface area contributed by atoms with Crippen molar-refractivity contribution in [3.05, 3.63) is 92.5 Å². The highest BCUT2D eigenvalue weighted by molar-refractivity contribution is 6.31. The normalized spacial score (nSPS) is 11.8. The minimum absolute atomic E-state index is 0.0339. The molecule has 2 heterocycles. The molecule has 0 fully saturated rings. The minimum atomic E-state index is -1.27. The van der Waals surface area contributed by atoms with Crippen LogP contribution in [0.3, 0.4) is 0 Å². The maximum absolute atomic E-state index is 12.0. The summed E-state index contributed by atoms with van der Waals surface area (Å²) in [5, 5.41) is 34.1. The number of aromatic nitrogens is 3. The number of pyridine rings is 1. The van der Waals surface area contributed by atoms with Crippen LogP contribution in [0.5, 0.6) is 0 Å². The second-order valence-electron chi connectivity index (χ2n) is 8.18. The number of nitro benzene ring substituents is 1. The molecule has 0 aliphatic carbocycles. The van der Waals surface area contributed by atoms with Crippen LogP contribution in [0.1, 0.15) is 27.2 Å². The third-order valence-corrected chi connectivity index (χ3v) is 5.77. The van der Waals surface area contributed by atoms with Crippen LogP contribution in [0, 0.1) is 17.0 Å². The van der Waals surface area contributed by atoms with Gasteiger partial charge in [-0.2, -0.15) is 0 Å². The van der Waals surface area contributed by atoms with E-state index in [1.807, 2.05) is 0 Å². The Hall–Kier alpha value is -4.51. The van der Waals surface area contributed by atoms with E-state index in [0.29, 0.717) is 33.7 Å². The van der Waals surface area contributed by atoms with E-state index in [-0.39, 0.29) is 23.5 Å². The van der Waals surface area contributed by atoms with Crippen molar-refractivity contribution < 1.29 is 24.7 Å². The quantitative estimate of drug-likeness (QED) is 0.222. The lowest BCUT2D eigenvalue weighted by Gasteiger charge is -2.16. The molecule has 3 N–H and O–H groups in total. The number of hydrogen-bond donors (Lipinski definition) is 3. The van der Waals surface area contributed by atoms with E-state index in [2.05, 4.69) is 15.3 Å². The van der Waals surface area contributed by atoms with E-state index in [1.165, 1.54) is 18.5 Å². The number of carboxylic acid groups (broad SMARTS) is 2. The molecule has 4 rings (SSSR count). The number of halogens is 1. The third-order valence-electron chi connectivity index (χ3n) is 5.54. The van der Waals surface area contributed by atoms with Crippen molar-refractivity contribution in [1.29, 1.82) is 0 Å². The Balaban J connectivity index is 1.54. The van der Waals surface area contributed by atoms with Crippen molar-refractivity contribution in [2.24, 2.45) is 0 Å². The fraction of sp³-hybridized carbons (Fsp3) is 0.167. The summed E-state index contributed by atoms with van der Waals surface area (Å²) in [5.41, 5.74) is 2.12. The number of carbonyl (C=O) groups is 2. The Kier molecular flexibility index (Phi) is 6.84. The van der Waals surface area contributed by atoms with E-state index in [9.17, 15) is 29.9 Å². The van der Waals surface area contributed by atoms with Gasteiger partial charge in [0.25, 0.3) is 5.69 Å². The van der Waals surface area contributed by atoms with Crippen LogP contribution in [-0.4, -0.2) is 47.7 Å². The average Bonchev–Trinajstić information content (AvgIpc) is 3.24. The first-order valence-corrected chi connectivity index (χ1v) is 11.1. The largest absolute Gasteiger partial charge is 0.480 e. The van der Waals surface area contributed by atoms with Crippen LogP contribution in [0.15, 0.2) is 55.0 Å². The number of imidazole rings is 1. The number of nitro groups is 1. The summed E-state index contributed by atoms with van der Waals surface area (Å²) >= 11 is 5.98. The van der Waals surface area contributed by atoms with Gasteiger partial charge in [-0.15, -0.1) is 0 Å². The molecule has 184 valence electrons. The molecular weight excluding hydrogens is 490 g/mol. The molecule has 12 heteroatoms. The van der Waals surface area contributed by atoms with Gasteiger partial charge in [-0.1, -0.05) is 17.7 Å². The van der Waals surface area contributed by atoms with Gasteiger partial charge in [0.05, 0.1) is 22.5 Å². The summed E-state index contributed by atoms with van der Waals surface area (Å²) in [6.07, 6.45) is 3.16. The van der Waals surface area contributed by atoms with Gasteiger partial charge >= 0.3 is 11.9 Å². The van der Waals surface area contributed by atoms with Gasteiger partial charge in [0.15, 0.2) is 0 Å². The molecule has 0 saturated heterocycles. The zero-order valence-electron chi connectivity index (χ0n) is 18.9. The Morgan fingerprint density at radius 1 is 1.19 bits per heavy atom. The Morgan fingerprint density at radius 3 is 2.64 bits per heavy atom. The second-order valence-corrected chi connectivity index (χ2v) is 8.62. The molecule has 1 atom stereocenters. The zero-order valence-corrected chi connectivity index (χ0v) is 19.6. The maximum atomic E-state index is 12.0.